The summed E-state index contributed by atoms with van der Waals surface area (Å²) in [6, 6.07) is 18.4. The maximum Gasteiger partial charge on any atom is 0.259 e. The van der Waals surface area contributed by atoms with E-state index < -0.39 is 0 Å². The number of hydrogen-bond donors (Lipinski definition) is 2. The summed E-state index contributed by atoms with van der Waals surface area (Å²) in [4.78, 5) is 23.0. The lowest BCUT2D eigenvalue weighted by Gasteiger charge is -2.13. The van der Waals surface area contributed by atoms with Crippen LogP contribution < -0.4 is 10.5 Å². The number of H-pyrrole nitrogens is 1. The quantitative estimate of drug-likeness (QED) is 0.559. The molecule has 2 heterocycles. The second kappa shape index (κ2) is 7.42. The fraction of sp³-hybridized carbons (Fsp3) is 0.143. The molecule has 0 aliphatic rings. The van der Waals surface area contributed by atoms with E-state index in [2.05, 4.69) is 9.97 Å². The van der Waals surface area contributed by atoms with Gasteiger partial charge in [-0.1, -0.05) is 42.5 Å². The van der Waals surface area contributed by atoms with Crippen LogP contribution in [0.1, 0.15) is 11.4 Å². The van der Waals surface area contributed by atoms with E-state index in [1.165, 1.54) is 23.5 Å². The second-order valence-corrected chi connectivity index (χ2v) is 7.68. The van der Waals surface area contributed by atoms with Crippen molar-refractivity contribution in [3.8, 4) is 10.4 Å². The number of nitrogens with zero attached hydrogens (tertiary/aromatic N) is 1. The fourth-order valence-corrected chi connectivity index (χ4v) is 4.16. The Hall–Kier alpha value is -2.83. The Labute approximate surface area is 159 Å². The zero-order valence-electron chi connectivity index (χ0n) is 14.8. The molecule has 2 N–H and O–H groups in total. The molecule has 27 heavy (non-hydrogen) atoms. The molecule has 136 valence electrons. The average Bonchev–Trinajstić information content (AvgIpc) is 3.09. The molecule has 0 saturated carbocycles. The van der Waals surface area contributed by atoms with Crippen molar-refractivity contribution in [3.63, 3.8) is 0 Å². The van der Waals surface area contributed by atoms with Crippen LogP contribution in [-0.2, 0) is 13.1 Å². The summed E-state index contributed by atoms with van der Waals surface area (Å²) in [6.45, 7) is 1.31. The van der Waals surface area contributed by atoms with Crippen LogP contribution >= 0.6 is 11.3 Å². The van der Waals surface area contributed by atoms with Crippen molar-refractivity contribution < 1.29 is 9.29 Å². The molecule has 0 spiro atoms. The number of rotatable bonds is 5. The molecule has 0 fully saturated rings. The third-order valence-electron chi connectivity index (χ3n) is 4.40. The number of aromatic nitrogens is 2. The van der Waals surface area contributed by atoms with Crippen LogP contribution in [0.15, 0.2) is 65.5 Å². The number of fused-ring (bicyclic) bond motifs is 1. The summed E-state index contributed by atoms with van der Waals surface area (Å²) in [5, 5.41) is 0.624. The first kappa shape index (κ1) is 17.6. The predicted molar refractivity (Wildman–Crippen MR) is 106 cm³/mol. The topological polar surface area (TPSA) is 50.2 Å². The van der Waals surface area contributed by atoms with Gasteiger partial charge in [-0.25, -0.2) is 9.37 Å². The number of nitrogens with one attached hydrogen (secondary N) is 2. The van der Waals surface area contributed by atoms with Crippen LogP contribution in [0.5, 0.6) is 0 Å². The van der Waals surface area contributed by atoms with E-state index in [-0.39, 0.29) is 11.4 Å². The normalized spacial score (nSPS) is 12.4. The number of halogens is 1. The average molecular weight is 380 g/mol. The Balaban J connectivity index is 1.57. The van der Waals surface area contributed by atoms with Gasteiger partial charge in [0.25, 0.3) is 5.56 Å². The lowest BCUT2D eigenvalue weighted by Crippen LogP contribution is -3.06. The number of quaternary nitrogens is 1. The van der Waals surface area contributed by atoms with Gasteiger partial charge in [-0.3, -0.25) is 4.79 Å². The molecular formula is C21H19FN3OS+. The molecule has 2 aromatic carbocycles. The highest BCUT2D eigenvalue weighted by Gasteiger charge is 2.13. The van der Waals surface area contributed by atoms with Gasteiger partial charge in [-0.05, 0) is 23.8 Å². The third-order valence-corrected chi connectivity index (χ3v) is 5.48. The lowest BCUT2D eigenvalue weighted by atomic mass is 10.2. The van der Waals surface area contributed by atoms with Crippen LogP contribution in [0, 0.1) is 5.82 Å². The van der Waals surface area contributed by atoms with Crippen LogP contribution in [0.4, 0.5) is 4.39 Å². The Bertz CT molecular complexity index is 1120. The zero-order chi connectivity index (χ0) is 18.8. The van der Waals surface area contributed by atoms with E-state index in [0.29, 0.717) is 17.8 Å². The maximum absolute atomic E-state index is 13.0. The Morgan fingerprint density at radius 3 is 2.56 bits per heavy atom. The van der Waals surface area contributed by atoms with Crippen molar-refractivity contribution in [2.45, 2.75) is 13.1 Å². The fourth-order valence-electron chi connectivity index (χ4n) is 3.10. The predicted octanol–water partition coefficient (Wildman–Crippen LogP) is 3.01. The minimum Gasteiger partial charge on any atom is -0.327 e. The first-order valence-electron chi connectivity index (χ1n) is 8.72. The molecule has 1 atom stereocenters. The van der Waals surface area contributed by atoms with Crippen molar-refractivity contribution >= 4 is 21.6 Å². The van der Waals surface area contributed by atoms with Gasteiger partial charge >= 0.3 is 0 Å². The van der Waals surface area contributed by atoms with Gasteiger partial charge in [0.15, 0.2) is 5.82 Å². The van der Waals surface area contributed by atoms with Gasteiger partial charge in [-0.2, -0.15) is 0 Å². The molecule has 4 rings (SSSR count). The van der Waals surface area contributed by atoms with Crippen LogP contribution in [0.2, 0.25) is 0 Å². The minimum absolute atomic E-state index is 0.108. The molecule has 4 aromatic rings. The number of benzene rings is 2. The molecule has 2 aromatic heterocycles. The monoisotopic (exact) mass is 380 g/mol. The standard InChI is InChI=1S/C21H18FN3OS/c1-25(12-14-7-9-16(22)10-8-14)13-19-23-20(26)17-11-18(27-21(17)24-19)15-5-3-2-4-6-15/h2-11H,12-13H2,1H3,(H,23,24,26)/p+1. The Morgan fingerprint density at radius 1 is 1.07 bits per heavy atom. The SMILES string of the molecule is C[NH+](Cc1ccc(F)cc1)Cc1nc2sc(-c3ccccc3)cc2c(=O)[nH]1. The van der Waals surface area contributed by atoms with Gasteiger partial charge in [0.2, 0.25) is 0 Å². The molecule has 0 aliphatic carbocycles. The number of aromatic amines is 1. The van der Waals surface area contributed by atoms with Crippen molar-refractivity contribution in [1.82, 2.24) is 9.97 Å². The largest absolute Gasteiger partial charge is 0.327 e. The molecule has 6 heteroatoms. The highest BCUT2D eigenvalue weighted by molar-refractivity contribution is 7.21. The highest BCUT2D eigenvalue weighted by atomic mass is 32.1. The minimum atomic E-state index is -0.236. The van der Waals surface area contributed by atoms with Crippen LogP contribution in [0.3, 0.4) is 0 Å². The van der Waals surface area contributed by atoms with Gasteiger partial charge < -0.3 is 9.88 Å². The van der Waals surface area contributed by atoms with Crippen molar-refractivity contribution in [2.75, 3.05) is 7.05 Å². The number of thiophene rings is 1. The van der Waals surface area contributed by atoms with Crippen LogP contribution in [-0.4, -0.2) is 17.0 Å². The first-order chi connectivity index (χ1) is 13.1. The molecule has 1 unspecified atom stereocenters. The van der Waals surface area contributed by atoms with Gasteiger partial charge in [0.05, 0.1) is 12.4 Å². The van der Waals surface area contributed by atoms with Gasteiger partial charge in [0, 0.05) is 10.4 Å². The van der Waals surface area contributed by atoms with Crippen molar-refractivity contribution in [2.24, 2.45) is 0 Å². The molecule has 0 saturated heterocycles. The second-order valence-electron chi connectivity index (χ2n) is 6.65. The van der Waals surface area contributed by atoms with Crippen LogP contribution in [0.25, 0.3) is 20.7 Å². The Kier molecular flexibility index (Phi) is 4.83. The molecule has 0 bridgehead atoms. The zero-order valence-corrected chi connectivity index (χ0v) is 15.6. The summed E-state index contributed by atoms with van der Waals surface area (Å²) in [5.74, 6) is 0.424. The maximum atomic E-state index is 13.0. The number of hydrogen-bond acceptors (Lipinski definition) is 3. The molecule has 0 aliphatic heterocycles. The molecule has 0 radical (unpaired) electrons. The van der Waals surface area contributed by atoms with Gasteiger partial charge in [0.1, 0.15) is 23.7 Å². The van der Waals surface area contributed by atoms with E-state index in [0.717, 1.165) is 32.3 Å². The summed E-state index contributed by atoms with van der Waals surface area (Å²) < 4.78 is 13.0. The van der Waals surface area contributed by atoms with E-state index in [1.807, 2.05) is 43.4 Å². The molecule has 0 amide bonds. The summed E-state index contributed by atoms with van der Waals surface area (Å²) in [6.07, 6.45) is 0. The lowest BCUT2D eigenvalue weighted by molar-refractivity contribution is -0.908. The van der Waals surface area contributed by atoms with E-state index in [9.17, 15) is 9.18 Å². The van der Waals surface area contributed by atoms with E-state index in [4.69, 9.17) is 0 Å². The van der Waals surface area contributed by atoms with E-state index in [1.54, 1.807) is 12.1 Å². The third kappa shape index (κ3) is 3.97. The Morgan fingerprint density at radius 2 is 1.81 bits per heavy atom. The summed E-state index contributed by atoms with van der Waals surface area (Å²) >= 11 is 1.53. The first-order valence-corrected chi connectivity index (χ1v) is 9.54. The van der Waals surface area contributed by atoms with Gasteiger partial charge in [-0.15, -0.1) is 11.3 Å². The molecular weight excluding hydrogens is 361 g/mol. The smallest absolute Gasteiger partial charge is 0.259 e. The van der Waals surface area contributed by atoms with Crippen molar-refractivity contribution in [3.05, 3.63) is 88.2 Å². The highest BCUT2D eigenvalue weighted by Crippen LogP contribution is 2.30. The molecule has 4 nitrogen and oxygen atoms in total. The van der Waals surface area contributed by atoms with Crippen molar-refractivity contribution in [1.29, 1.82) is 0 Å². The van der Waals surface area contributed by atoms with E-state index >= 15 is 0 Å². The summed E-state index contributed by atoms with van der Waals surface area (Å²) in [5.41, 5.74) is 2.02. The summed E-state index contributed by atoms with van der Waals surface area (Å²) in [7, 11) is 2.03.